The van der Waals surface area contributed by atoms with Crippen LogP contribution in [0.15, 0.2) is 5.16 Å². The summed E-state index contributed by atoms with van der Waals surface area (Å²) in [7, 11) is 0. The van der Waals surface area contributed by atoms with Gasteiger partial charge in [0.25, 0.3) is 0 Å². The number of ether oxygens (including phenoxy) is 1. The van der Waals surface area contributed by atoms with Crippen molar-refractivity contribution in [1.29, 1.82) is 0 Å². The molecule has 0 spiro atoms. The molecule has 0 aromatic rings. The highest BCUT2D eigenvalue weighted by Gasteiger charge is 2.19. The highest BCUT2D eigenvalue weighted by atomic mass is 16.6. The largest absolute Gasteiger partial charge is 0.393 e. The molecule has 0 atom stereocenters. The van der Waals surface area contributed by atoms with E-state index in [0.717, 1.165) is 32.5 Å². The highest BCUT2D eigenvalue weighted by Crippen LogP contribution is 2.22. The molecule has 3 nitrogen and oxygen atoms in total. The Kier molecular flexibility index (Phi) is 3.19. The summed E-state index contributed by atoms with van der Waals surface area (Å²) in [5.41, 5.74) is 1.18. The zero-order valence-corrected chi connectivity index (χ0v) is 8.00. The third-order valence-corrected chi connectivity index (χ3v) is 2.67. The van der Waals surface area contributed by atoms with Gasteiger partial charge in [0, 0.05) is 13.0 Å². The zero-order valence-electron chi connectivity index (χ0n) is 8.00. The second-order valence-corrected chi connectivity index (χ2v) is 3.78. The smallest absolute Gasteiger partial charge is 0.127 e. The van der Waals surface area contributed by atoms with Gasteiger partial charge < -0.3 is 9.57 Å². The maximum Gasteiger partial charge on any atom is 0.127 e. The first-order valence-corrected chi connectivity index (χ1v) is 5.24. The van der Waals surface area contributed by atoms with E-state index in [4.69, 9.17) is 9.57 Å². The van der Waals surface area contributed by atoms with E-state index in [2.05, 4.69) is 5.16 Å². The maximum absolute atomic E-state index is 5.41. The van der Waals surface area contributed by atoms with E-state index in [1.165, 1.54) is 25.0 Å². The second kappa shape index (κ2) is 4.61. The summed E-state index contributed by atoms with van der Waals surface area (Å²) in [5.74, 6) is 0. The third kappa shape index (κ3) is 2.69. The standard InChI is InChI=1S/C10H17NO2/c1-4-10(5-1)13-11-9-3-2-7-12-8-6-9/h10H,1-8H2/b11-9+. The van der Waals surface area contributed by atoms with Gasteiger partial charge in [0.1, 0.15) is 6.10 Å². The van der Waals surface area contributed by atoms with Gasteiger partial charge in [-0.2, -0.15) is 0 Å². The fourth-order valence-electron chi connectivity index (χ4n) is 1.51. The van der Waals surface area contributed by atoms with Gasteiger partial charge in [-0.1, -0.05) is 5.16 Å². The fourth-order valence-corrected chi connectivity index (χ4v) is 1.51. The lowest BCUT2D eigenvalue weighted by Gasteiger charge is -2.22. The van der Waals surface area contributed by atoms with E-state index in [9.17, 15) is 0 Å². The molecule has 0 unspecified atom stereocenters. The van der Waals surface area contributed by atoms with Gasteiger partial charge in [-0.25, -0.2) is 0 Å². The molecule has 1 aliphatic carbocycles. The van der Waals surface area contributed by atoms with E-state index >= 15 is 0 Å². The summed E-state index contributed by atoms with van der Waals surface area (Å²) in [4.78, 5) is 5.41. The van der Waals surface area contributed by atoms with Crippen LogP contribution < -0.4 is 0 Å². The molecule has 3 heteroatoms. The third-order valence-electron chi connectivity index (χ3n) is 2.67. The van der Waals surface area contributed by atoms with Crippen molar-refractivity contribution in [3.63, 3.8) is 0 Å². The van der Waals surface area contributed by atoms with Crippen LogP contribution in [0.4, 0.5) is 0 Å². The van der Waals surface area contributed by atoms with Crippen LogP contribution in [-0.2, 0) is 9.57 Å². The molecule has 1 saturated heterocycles. The number of nitrogens with zero attached hydrogens (tertiary/aromatic N) is 1. The molecule has 1 heterocycles. The quantitative estimate of drug-likeness (QED) is 0.614. The van der Waals surface area contributed by atoms with E-state index in [1.54, 1.807) is 0 Å². The monoisotopic (exact) mass is 183 g/mol. The topological polar surface area (TPSA) is 30.8 Å². The Morgan fingerprint density at radius 3 is 2.85 bits per heavy atom. The van der Waals surface area contributed by atoms with Crippen LogP contribution in [0.1, 0.15) is 38.5 Å². The number of hydrogen-bond donors (Lipinski definition) is 0. The van der Waals surface area contributed by atoms with Gasteiger partial charge in [0.2, 0.25) is 0 Å². The van der Waals surface area contributed by atoms with Crippen molar-refractivity contribution in [2.75, 3.05) is 13.2 Å². The Balaban J connectivity index is 1.75. The summed E-state index contributed by atoms with van der Waals surface area (Å²) < 4.78 is 5.34. The van der Waals surface area contributed by atoms with Crippen LogP contribution in [0.2, 0.25) is 0 Å². The van der Waals surface area contributed by atoms with Crippen molar-refractivity contribution >= 4 is 5.71 Å². The molecular weight excluding hydrogens is 166 g/mol. The summed E-state index contributed by atoms with van der Waals surface area (Å²) in [6.45, 7) is 1.69. The average Bonchev–Trinajstić information content (AvgIpc) is 2.30. The van der Waals surface area contributed by atoms with Crippen LogP contribution >= 0.6 is 0 Å². The van der Waals surface area contributed by atoms with Crippen LogP contribution in [0.25, 0.3) is 0 Å². The van der Waals surface area contributed by atoms with Crippen molar-refractivity contribution in [2.45, 2.75) is 44.6 Å². The molecule has 0 amide bonds. The molecular formula is C10H17NO2. The maximum atomic E-state index is 5.41. The first-order valence-electron chi connectivity index (χ1n) is 5.24. The Bertz CT molecular complexity index is 177. The fraction of sp³-hybridized carbons (Fsp3) is 0.900. The van der Waals surface area contributed by atoms with E-state index in [0.29, 0.717) is 6.10 Å². The van der Waals surface area contributed by atoms with Crippen LogP contribution in [0.5, 0.6) is 0 Å². The Morgan fingerprint density at radius 2 is 2.08 bits per heavy atom. The predicted octanol–water partition coefficient (Wildman–Crippen LogP) is 2.11. The molecule has 0 aromatic carbocycles. The molecule has 2 rings (SSSR count). The lowest BCUT2D eigenvalue weighted by molar-refractivity contribution is 0.00530. The SMILES string of the molecule is C1COCC/C(=N/OC2CCC2)C1. The van der Waals surface area contributed by atoms with Crippen molar-refractivity contribution < 1.29 is 9.57 Å². The lowest BCUT2D eigenvalue weighted by atomic mass is 9.97. The summed E-state index contributed by atoms with van der Waals surface area (Å²) >= 11 is 0. The first-order chi connectivity index (χ1) is 6.45. The Labute approximate surface area is 79.1 Å². The van der Waals surface area contributed by atoms with Crippen LogP contribution in [0, 0.1) is 0 Å². The first kappa shape index (κ1) is 9.00. The molecule has 0 radical (unpaired) electrons. The van der Waals surface area contributed by atoms with Gasteiger partial charge in [-0.15, -0.1) is 0 Å². The van der Waals surface area contributed by atoms with Crippen molar-refractivity contribution in [1.82, 2.24) is 0 Å². The summed E-state index contributed by atoms with van der Waals surface area (Å²) in [6.07, 6.45) is 7.18. The minimum Gasteiger partial charge on any atom is -0.393 e. The number of hydrogen-bond acceptors (Lipinski definition) is 3. The van der Waals surface area contributed by atoms with Crippen molar-refractivity contribution in [3.05, 3.63) is 0 Å². The molecule has 0 bridgehead atoms. The average molecular weight is 183 g/mol. The Morgan fingerprint density at radius 1 is 1.15 bits per heavy atom. The molecule has 2 fully saturated rings. The molecule has 0 N–H and O–H groups in total. The van der Waals surface area contributed by atoms with Crippen molar-refractivity contribution in [3.8, 4) is 0 Å². The van der Waals surface area contributed by atoms with Crippen LogP contribution in [0.3, 0.4) is 0 Å². The summed E-state index contributed by atoms with van der Waals surface area (Å²) in [5, 5.41) is 4.20. The predicted molar refractivity (Wildman–Crippen MR) is 50.8 cm³/mol. The van der Waals surface area contributed by atoms with Crippen LogP contribution in [-0.4, -0.2) is 25.0 Å². The zero-order chi connectivity index (χ0) is 8.93. The van der Waals surface area contributed by atoms with Gasteiger partial charge in [0.05, 0.1) is 12.3 Å². The number of rotatable bonds is 2. The number of oxime groups is 1. The Hall–Kier alpha value is -0.570. The van der Waals surface area contributed by atoms with E-state index in [1.807, 2.05) is 0 Å². The minimum absolute atomic E-state index is 0.414. The molecule has 0 aromatic heterocycles. The van der Waals surface area contributed by atoms with Gasteiger partial charge >= 0.3 is 0 Å². The summed E-state index contributed by atoms with van der Waals surface area (Å²) in [6, 6.07) is 0. The molecule has 2 aliphatic rings. The van der Waals surface area contributed by atoms with Gasteiger partial charge in [-0.3, -0.25) is 0 Å². The molecule has 13 heavy (non-hydrogen) atoms. The van der Waals surface area contributed by atoms with E-state index in [-0.39, 0.29) is 0 Å². The highest BCUT2D eigenvalue weighted by molar-refractivity contribution is 5.84. The lowest BCUT2D eigenvalue weighted by Crippen LogP contribution is -2.19. The molecule has 74 valence electrons. The minimum atomic E-state index is 0.414. The van der Waals surface area contributed by atoms with E-state index < -0.39 is 0 Å². The molecule has 1 aliphatic heterocycles. The second-order valence-electron chi connectivity index (χ2n) is 3.78. The van der Waals surface area contributed by atoms with Gasteiger partial charge in [0.15, 0.2) is 0 Å². The molecule has 1 saturated carbocycles. The van der Waals surface area contributed by atoms with Gasteiger partial charge in [-0.05, 0) is 32.1 Å². The normalized spacial score (nSPS) is 28.2. The van der Waals surface area contributed by atoms with Crippen molar-refractivity contribution in [2.24, 2.45) is 5.16 Å².